The quantitative estimate of drug-likeness (QED) is 0.631. The van der Waals surface area contributed by atoms with Crippen LogP contribution >= 0.6 is 0 Å². The summed E-state index contributed by atoms with van der Waals surface area (Å²) in [5, 5.41) is 21.3. The fourth-order valence-corrected chi connectivity index (χ4v) is 7.66. The molecule has 1 heterocycles. The third-order valence-electron chi connectivity index (χ3n) is 9.02. The third kappa shape index (κ3) is 2.41. The highest BCUT2D eigenvalue weighted by atomic mass is 16.3. The molecular formula is C25H33NO2. The normalized spacial score (nSPS) is 45.1. The van der Waals surface area contributed by atoms with Gasteiger partial charge in [0, 0.05) is 24.4 Å². The maximum absolute atomic E-state index is 11.0. The van der Waals surface area contributed by atoms with Crippen molar-refractivity contribution < 1.29 is 10.2 Å². The maximum atomic E-state index is 11.0. The lowest BCUT2D eigenvalue weighted by Gasteiger charge is -2.59. The van der Waals surface area contributed by atoms with Crippen LogP contribution in [0, 0.1) is 34.5 Å². The van der Waals surface area contributed by atoms with Gasteiger partial charge in [0.15, 0.2) is 0 Å². The van der Waals surface area contributed by atoms with Gasteiger partial charge in [-0.3, -0.25) is 4.98 Å². The summed E-state index contributed by atoms with van der Waals surface area (Å²) in [5.41, 5.74) is 4.00. The van der Waals surface area contributed by atoms with E-state index in [2.05, 4.69) is 37.9 Å². The molecule has 28 heavy (non-hydrogen) atoms. The van der Waals surface area contributed by atoms with Gasteiger partial charge < -0.3 is 10.2 Å². The van der Waals surface area contributed by atoms with E-state index in [1.165, 1.54) is 12.0 Å². The maximum Gasteiger partial charge on any atom is 0.0969 e. The van der Waals surface area contributed by atoms with Gasteiger partial charge >= 0.3 is 0 Å². The van der Waals surface area contributed by atoms with Gasteiger partial charge in [-0.1, -0.05) is 38.5 Å². The van der Waals surface area contributed by atoms with Gasteiger partial charge in [0.2, 0.25) is 0 Å². The van der Waals surface area contributed by atoms with Gasteiger partial charge in [0.1, 0.15) is 0 Å². The Kier molecular flexibility index (Phi) is 4.07. The van der Waals surface area contributed by atoms with Crippen molar-refractivity contribution in [2.75, 3.05) is 0 Å². The van der Waals surface area contributed by atoms with Crippen molar-refractivity contribution in [2.45, 2.75) is 65.4 Å². The summed E-state index contributed by atoms with van der Waals surface area (Å²) in [6.45, 7) is 7.22. The van der Waals surface area contributed by atoms with Crippen LogP contribution in [0.2, 0.25) is 0 Å². The van der Waals surface area contributed by atoms with E-state index in [1.807, 2.05) is 12.3 Å². The minimum Gasteiger partial charge on any atom is -0.512 e. The molecular weight excluding hydrogens is 346 g/mol. The van der Waals surface area contributed by atoms with Gasteiger partial charge in [0.05, 0.1) is 11.9 Å². The Morgan fingerprint density at radius 2 is 1.86 bits per heavy atom. The van der Waals surface area contributed by atoms with Gasteiger partial charge in [0.25, 0.3) is 0 Å². The number of fused-ring (bicyclic) bond motifs is 5. The topological polar surface area (TPSA) is 53.4 Å². The zero-order valence-electron chi connectivity index (χ0n) is 17.4. The predicted octanol–water partition coefficient (Wildman–Crippen LogP) is 5.53. The van der Waals surface area contributed by atoms with Crippen LogP contribution in [0.3, 0.4) is 0 Å². The summed E-state index contributed by atoms with van der Waals surface area (Å²) in [4.78, 5) is 4.32. The number of hydrogen-bond donors (Lipinski definition) is 2. The number of rotatable bonds is 1. The van der Waals surface area contributed by atoms with Gasteiger partial charge in [-0.05, 0) is 78.2 Å². The molecule has 1 aromatic heterocycles. The second kappa shape index (κ2) is 6.19. The van der Waals surface area contributed by atoms with Crippen molar-refractivity contribution in [2.24, 2.45) is 34.5 Å². The van der Waals surface area contributed by atoms with Crippen LogP contribution in [0.25, 0.3) is 5.57 Å². The molecule has 0 amide bonds. The molecule has 4 aliphatic carbocycles. The van der Waals surface area contributed by atoms with Crippen LogP contribution < -0.4 is 0 Å². The van der Waals surface area contributed by atoms with Crippen LogP contribution in [0.1, 0.15) is 64.9 Å². The minimum atomic E-state index is -0.161. The fraction of sp³-hybridized carbons (Fsp3) is 0.640. The summed E-state index contributed by atoms with van der Waals surface area (Å²) in [6.07, 6.45) is 12.1. The average Bonchev–Trinajstić information content (AvgIpc) is 2.94. The van der Waals surface area contributed by atoms with Gasteiger partial charge in [-0.15, -0.1) is 0 Å². The minimum absolute atomic E-state index is 0.0262. The standard InChI is InChI=1S/C25H33NO2/c1-15-11-17-12-18(27)6-8-24(17,2)19-7-9-25(3)20(22(15)19)13-21(28)23(25)16-5-4-10-26-14-16/h4-5,10-11,14-15,18-20,22,27-28H,6-9,12-13H2,1-3H3/t15?,18?,19-,20+,22-,24+,25+/m1/s1. The Morgan fingerprint density at radius 3 is 2.61 bits per heavy atom. The Hall–Kier alpha value is -1.61. The lowest BCUT2D eigenvalue weighted by atomic mass is 9.45. The molecule has 0 radical (unpaired) electrons. The molecule has 2 N–H and O–H groups in total. The van der Waals surface area contributed by atoms with Gasteiger partial charge in [-0.2, -0.15) is 0 Å². The first-order chi connectivity index (χ1) is 13.3. The molecule has 3 heteroatoms. The van der Waals surface area contributed by atoms with E-state index >= 15 is 0 Å². The zero-order chi connectivity index (χ0) is 19.7. The molecule has 0 aromatic carbocycles. The number of aliphatic hydroxyl groups is 2. The molecule has 0 aliphatic heterocycles. The van der Waals surface area contributed by atoms with E-state index in [0.29, 0.717) is 29.4 Å². The molecule has 0 spiro atoms. The largest absolute Gasteiger partial charge is 0.512 e. The van der Waals surface area contributed by atoms with Crippen molar-refractivity contribution in [3.8, 4) is 0 Å². The molecule has 0 bridgehead atoms. The van der Waals surface area contributed by atoms with Crippen molar-refractivity contribution in [3.63, 3.8) is 0 Å². The summed E-state index contributed by atoms with van der Waals surface area (Å²) >= 11 is 0. The fourth-order valence-electron chi connectivity index (χ4n) is 7.66. The zero-order valence-corrected chi connectivity index (χ0v) is 17.4. The Morgan fingerprint density at radius 1 is 1.07 bits per heavy atom. The molecule has 2 unspecified atom stereocenters. The van der Waals surface area contributed by atoms with Crippen LogP contribution in [-0.4, -0.2) is 21.3 Å². The van der Waals surface area contributed by atoms with E-state index < -0.39 is 0 Å². The number of aliphatic hydroxyl groups excluding tert-OH is 2. The molecule has 0 saturated heterocycles. The smallest absolute Gasteiger partial charge is 0.0969 e. The highest BCUT2D eigenvalue weighted by Crippen LogP contribution is 2.68. The number of hydrogen-bond acceptors (Lipinski definition) is 3. The highest BCUT2D eigenvalue weighted by Gasteiger charge is 2.59. The Labute approximate surface area is 168 Å². The monoisotopic (exact) mass is 379 g/mol. The van der Waals surface area contributed by atoms with E-state index in [4.69, 9.17) is 0 Å². The van der Waals surface area contributed by atoms with Crippen molar-refractivity contribution in [1.29, 1.82) is 0 Å². The highest BCUT2D eigenvalue weighted by molar-refractivity contribution is 5.74. The van der Waals surface area contributed by atoms with E-state index in [-0.39, 0.29) is 16.9 Å². The molecule has 5 rings (SSSR count). The van der Waals surface area contributed by atoms with Crippen LogP contribution in [-0.2, 0) is 0 Å². The Balaban J connectivity index is 1.55. The average molecular weight is 380 g/mol. The molecule has 150 valence electrons. The van der Waals surface area contributed by atoms with Crippen molar-refractivity contribution >= 4 is 5.57 Å². The lowest BCUT2D eigenvalue weighted by molar-refractivity contribution is -0.0437. The molecule has 2 fully saturated rings. The number of allylic oxidation sites excluding steroid dienone is 3. The van der Waals surface area contributed by atoms with Crippen LogP contribution in [0.4, 0.5) is 0 Å². The second-order valence-electron chi connectivity index (χ2n) is 10.4. The van der Waals surface area contributed by atoms with Crippen LogP contribution in [0.5, 0.6) is 0 Å². The van der Waals surface area contributed by atoms with E-state index in [9.17, 15) is 10.2 Å². The summed E-state index contributed by atoms with van der Waals surface area (Å²) < 4.78 is 0. The van der Waals surface area contributed by atoms with Crippen LogP contribution in [0.15, 0.2) is 41.9 Å². The number of pyridine rings is 1. The third-order valence-corrected chi connectivity index (χ3v) is 9.02. The SMILES string of the molecule is CC1C=C2CC(O)CC[C@]2(C)[C@@H]2CC[C@]3(C)C(c4cccnc4)=C(O)C[C@H]3[C@H]12. The number of aromatic nitrogens is 1. The molecule has 7 atom stereocenters. The molecule has 2 saturated carbocycles. The molecule has 4 aliphatic rings. The summed E-state index contributed by atoms with van der Waals surface area (Å²) in [7, 11) is 0. The lowest BCUT2D eigenvalue weighted by Crippen LogP contribution is -2.52. The summed E-state index contributed by atoms with van der Waals surface area (Å²) in [5.74, 6) is 2.84. The first-order valence-corrected chi connectivity index (χ1v) is 11.1. The van der Waals surface area contributed by atoms with Crippen molar-refractivity contribution in [3.05, 3.63) is 47.5 Å². The van der Waals surface area contributed by atoms with Gasteiger partial charge in [-0.25, -0.2) is 0 Å². The second-order valence-corrected chi connectivity index (χ2v) is 10.4. The van der Waals surface area contributed by atoms with E-state index in [0.717, 1.165) is 43.2 Å². The summed E-state index contributed by atoms with van der Waals surface area (Å²) in [6, 6.07) is 4.08. The first kappa shape index (κ1) is 18.4. The predicted molar refractivity (Wildman–Crippen MR) is 111 cm³/mol. The van der Waals surface area contributed by atoms with E-state index in [1.54, 1.807) is 6.20 Å². The molecule has 1 aromatic rings. The molecule has 3 nitrogen and oxygen atoms in total. The van der Waals surface area contributed by atoms with Crippen molar-refractivity contribution in [1.82, 2.24) is 4.98 Å². The first-order valence-electron chi connectivity index (χ1n) is 11.1. The number of nitrogens with zero attached hydrogens (tertiary/aromatic N) is 1. The Bertz CT molecular complexity index is 843.